The van der Waals surface area contributed by atoms with Crippen molar-refractivity contribution >= 4 is 15.9 Å². The molecule has 0 spiro atoms. The van der Waals surface area contributed by atoms with Gasteiger partial charge in [-0.2, -0.15) is 12.7 Å². The Morgan fingerprint density at radius 2 is 1.52 bits per heavy atom. The second-order valence-electron chi connectivity index (χ2n) is 6.73. The summed E-state index contributed by atoms with van der Waals surface area (Å²) in [7, 11) is -3.50. The zero-order valence-corrected chi connectivity index (χ0v) is 15.5. The van der Waals surface area contributed by atoms with Crippen LogP contribution in [0.1, 0.15) is 25.3 Å². The molecule has 2 aromatic carbocycles. The van der Waals surface area contributed by atoms with Crippen molar-refractivity contribution in [3.63, 3.8) is 0 Å². The van der Waals surface area contributed by atoms with Gasteiger partial charge in [0.15, 0.2) is 0 Å². The third-order valence-corrected chi connectivity index (χ3v) is 6.81. The monoisotopic (exact) mass is 358 g/mol. The van der Waals surface area contributed by atoms with Crippen molar-refractivity contribution in [3.05, 3.63) is 66.2 Å². The predicted molar refractivity (Wildman–Crippen MR) is 103 cm³/mol. The van der Waals surface area contributed by atoms with Gasteiger partial charge in [-0.3, -0.25) is 4.31 Å². The van der Waals surface area contributed by atoms with Gasteiger partial charge in [-0.25, -0.2) is 0 Å². The van der Waals surface area contributed by atoms with Crippen LogP contribution < -0.4 is 4.31 Å². The molecule has 1 heterocycles. The molecule has 1 saturated heterocycles. The third kappa shape index (κ3) is 4.41. The summed E-state index contributed by atoms with van der Waals surface area (Å²) in [6, 6.07) is 19.5. The Kier molecular flexibility index (Phi) is 5.76. The smallest absolute Gasteiger partial charge is 0.257 e. The van der Waals surface area contributed by atoms with E-state index in [4.69, 9.17) is 0 Å². The molecular formula is C20H26N2O2S. The van der Waals surface area contributed by atoms with E-state index in [-0.39, 0.29) is 0 Å². The Balaban J connectivity index is 1.83. The van der Waals surface area contributed by atoms with E-state index in [1.807, 2.05) is 60.7 Å². The Bertz CT molecular complexity index is 755. The highest BCUT2D eigenvalue weighted by molar-refractivity contribution is 7.90. The van der Waals surface area contributed by atoms with Gasteiger partial charge in [0.1, 0.15) is 0 Å². The molecule has 25 heavy (non-hydrogen) atoms. The molecule has 0 bridgehead atoms. The minimum atomic E-state index is -3.50. The Morgan fingerprint density at radius 1 is 0.960 bits per heavy atom. The quantitative estimate of drug-likeness (QED) is 0.790. The van der Waals surface area contributed by atoms with Crippen molar-refractivity contribution in [1.82, 2.24) is 4.31 Å². The molecule has 0 aromatic heterocycles. The van der Waals surface area contributed by atoms with Gasteiger partial charge in [-0.15, -0.1) is 0 Å². The summed E-state index contributed by atoms with van der Waals surface area (Å²) >= 11 is 0. The lowest BCUT2D eigenvalue weighted by Crippen LogP contribution is -2.47. The lowest BCUT2D eigenvalue weighted by Gasteiger charge is -2.35. The number of anilines is 1. The molecule has 1 fully saturated rings. The first-order chi connectivity index (χ1) is 12.1. The molecular weight excluding hydrogens is 332 g/mol. The first kappa shape index (κ1) is 18.0. The summed E-state index contributed by atoms with van der Waals surface area (Å²) < 4.78 is 29.7. The fraction of sp³-hybridized carbons (Fsp3) is 0.400. The number of rotatable bonds is 6. The SMILES string of the molecule is CC1CCN(S(=O)(=O)N(CCc2ccccc2)c2ccccc2)CC1. The van der Waals surface area contributed by atoms with Crippen molar-refractivity contribution in [2.75, 3.05) is 23.9 Å². The second-order valence-corrected chi connectivity index (χ2v) is 8.59. The standard InChI is InChI=1S/C20H26N2O2S/c1-18-12-15-21(16-13-18)25(23,24)22(20-10-6-3-7-11-20)17-14-19-8-4-2-5-9-19/h2-11,18H,12-17H2,1H3. The van der Waals surface area contributed by atoms with Crippen molar-refractivity contribution in [1.29, 1.82) is 0 Å². The molecule has 2 aromatic rings. The first-order valence-electron chi connectivity index (χ1n) is 8.94. The fourth-order valence-electron chi connectivity index (χ4n) is 3.20. The van der Waals surface area contributed by atoms with Gasteiger partial charge in [0.05, 0.1) is 5.69 Å². The van der Waals surface area contributed by atoms with Gasteiger partial charge >= 0.3 is 10.2 Å². The molecule has 4 nitrogen and oxygen atoms in total. The molecule has 5 heteroatoms. The molecule has 134 valence electrons. The summed E-state index contributed by atoms with van der Waals surface area (Å²) in [6.07, 6.45) is 2.56. The number of piperidine rings is 1. The Labute approximate surface area is 151 Å². The molecule has 0 atom stereocenters. The number of nitrogens with zero attached hydrogens (tertiary/aromatic N) is 2. The van der Waals surface area contributed by atoms with Crippen molar-refractivity contribution < 1.29 is 8.42 Å². The van der Waals surface area contributed by atoms with E-state index in [1.54, 1.807) is 8.61 Å². The van der Waals surface area contributed by atoms with Crippen LogP contribution in [0, 0.1) is 5.92 Å². The predicted octanol–water partition coefficient (Wildman–Crippen LogP) is 3.71. The third-order valence-electron chi connectivity index (χ3n) is 4.84. The summed E-state index contributed by atoms with van der Waals surface area (Å²) in [5, 5.41) is 0. The maximum absolute atomic E-state index is 13.3. The summed E-state index contributed by atoms with van der Waals surface area (Å²) in [6.45, 7) is 3.85. The molecule has 0 radical (unpaired) electrons. The molecule has 0 aliphatic carbocycles. The average Bonchev–Trinajstić information content (AvgIpc) is 2.64. The molecule has 1 aliphatic rings. The summed E-state index contributed by atoms with van der Waals surface area (Å²) in [4.78, 5) is 0. The zero-order chi connectivity index (χ0) is 17.7. The van der Waals surface area contributed by atoms with Gasteiger partial charge < -0.3 is 0 Å². The topological polar surface area (TPSA) is 40.6 Å². The van der Waals surface area contributed by atoms with Crippen LogP contribution in [0.3, 0.4) is 0 Å². The van der Waals surface area contributed by atoms with E-state index < -0.39 is 10.2 Å². The summed E-state index contributed by atoms with van der Waals surface area (Å²) in [5.41, 5.74) is 1.88. The lowest BCUT2D eigenvalue weighted by molar-refractivity contribution is 0.287. The van der Waals surface area contributed by atoms with E-state index in [0.29, 0.717) is 32.0 Å². The fourth-order valence-corrected chi connectivity index (χ4v) is 4.86. The molecule has 0 saturated carbocycles. The summed E-state index contributed by atoms with van der Waals surface area (Å²) in [5.74, 6) is 0.598. The van der Waals surface area contributed by atoms with E-state index >= 15 is 0 Å². The second kappa shape index (κ2) is 8.02. The largest absolute Gasteiger partial charge is 0.304 e. The molecule has 0 unspecified atom stereocenters. The normalized spacial score (nSPS) is 16.7. The van der Waals surface area contributed by atoms with Crippen LogP contribution in [0.25, 0.3) is 0 Å². The van der Waals surface area contributed by atoms with E-state index in [1.165, 1.54) is 0 Å². The van der Waals surface area contributed by atoms with E-state index in [9.17, 15) is 8.42 Å². The van der Waals surface area contributed by atoms with Gasteiger partial charge in [0.25, 0.3) is 0 Å². The van der Waals surface area contributed by atoms with Gasteiger partial charge in [-0.1, -0.05) is 55.5 Å². The van der Waals surface area contributed by atoms with Crippen LogP contribution in [0.2, 0.25) is 0 Å². The number of para-hydroxylation sites is 1. The van der Waals surface area contributed by atoms with Crippen LogP contribution in [-0.2, 0) is 16.6 Å². The van der Waals surface area contributed by atoms with Crippen LogP contribution in [-0.4, -0.2) is 32.4 Å². The maximum Gasteiger partial charge on any atom is 0.304 e. The lowest BCUT2D eigenvalue weighted by atomic mass is 10.0. The van der Waals surface area contributed by atoms with Crippen molar-refractivity contribution in [2.45, 2.75) is 26.2 Å². The minimum Gasteiger partial charge on any atom is -0.257 e. The molecule has 1 aliphatic heterocycles. The van der Waals surface area contributed by atoms with Crippen molar-refractivity contribution in [3.8, 4) is 0 Å². The van der Waals surface area contributed by atoms with Gasteiger partial charge in [0, 0.05) is 19.6 Å². The van der Waals surface area contributed by atoms with Gasteiger partial charge in [0.2, 0.25) is 0 Å². The number of hydrogen-bond acceptors (Lipinski definition) is 2. The Morgan fingerprint density at radius 3 is 2.12 bits per heavy atom. The number of benzene rings is 2. The highest BCUT2D eigenvalue weighted by Gasteiger charge is 2.32. The highest BCUT2D eigenvalue weighted by atomic mass is 32.2. The number of hydrogen-bond donors (Lipinski definition) is 0. The highest BCUT2D eigenvalue weighted by Crippen LogP contribution is 2.25. The Hall–Kier alpha value is -1.85. The van der Waals surface area contributed by atoms with E-state index in [0.717, 1.165) is 24.1 Å². The minimum absolute atomic E-state index is 0.447. The van der Waals surface area contributed by atoms with E-state index in [2.05, 4.69) is 6.92 Å². The van der Waals surface area contributed by atoms with Gasteiger partial charge in [-0.05, 0) is 42.9 Å². The molecule has 0 N–H and O–H groups in total. The molecule has 3 rings (SSSR count). The maximum atomic E-state index is 13.3. The van der Waals surface area contributed by atoms with Crippen LogP contribution >= 0.6 is 0 Å². The first-order valence-corrected chi connectivity index (χ1v) is 10.3. The van der Waals surface area contributed by atoms with Crippen LogP contribution in [0.15, 0.2) is 60.7 Å². The van der Waals surface area contributed by atoms with Crippen molar-refractivity contribution in [2.24, 2.45) is 5.92 Å². The molecule has 0 amide bonds. The van der Waals surface area contributed by atoms with Crippen LogP contribution in [0.4, 0.5) is 5.69 Å². The zero-order valence-electron chi connectivity index (χ0n) is 14.7. The average molecular weight is 359 g/mol. The van der Waals surface area contributed by atoms with Crippen LogP contribution in [0.5, 0.6) is 0 Å².